The van der Waals surface area contributed by atoms with Gasteiger partial charge in [-0.2, -0.15) is 4.39 Å². The summed E-state index contributed by atoms with van der Waals surface area (Å²) in [7, 11) is 0. The van der Waals surface area contributed by atoms with Crippen LogP contribution in [0.2, 0.25) is 0 Å². The third kappa shape index (κ3) is 11.9. The number of nitrogens with zero attached hydrogens (tertiary/aromatic N) is 1. The minimum Gasteiger partial charge on any atom is -0.442 e. The Morgan fingerprint density at radius 1 is 0.906 bits per heavy atom. The van der Waals surface area contributed by atoms with Gasteiger partial charge in [0.2, 0.25) is 12.6 Å². The molecule has 0 aromatic carbocycles. The Hall–Kier alpha value is -3.10. The molecule has 0 aliphatic carbocycles. The van der Waals surface area contributed by atoms with Gasteiger partial charge in [-0.05, 0) is 6.42 Å². The molecule has 14 heteroatoms. The number of esters is 3. The number of aromatic nitrogens is 2. The molecule has 0 atom stereocenters. The number of nitrogens with one attached hydrogen (secondary N) is 1. The van der Waals surface area contributed by atoms with Gasteiger partial charge < -0.3 is 28.4 Å². The highest BCUT2D eigenvalue weighted by Gasteiger charge is 2.08. The molecule has 1 aromatic heterocycles. The second-order valence-electron chi connectivity index (χ2n) is 5.97. The minimum atomic E-state index is -1.19. The molecule has 1 heterocycles. The Morgan fingerprint density at radius 2 is 1.47 bits per heavy atom. The van der Waals surface area contributed by atoms with Gasteiger partial charge in [0, 0.05) is 6.42 Å². The first kappa shape index (κ1) is 26.9. The number of ether oxygens (including phenoxy) is 6. The third-order valence-electron chi connectivity index (χ3n) is 3.41. The summed E-state index contributed by atoms with van der Waals surface area (Å²) in [6.07, 6.45) is 1.50. The van der Waals surface area contributed by atoms with Gasteiger partial charge in [0.15, 0.2) is 6.73 Å². The lowest BCUT2D eigenvalue weighted by Gasteiger charge is -2.08. The van der Waals surface area contributed by atoms with Crippen LogP contribution in [0.25, 0.3) is 0 Å². The Morgan fingerprint density at radius 3 is 2.09 bits per heavy atom. The molecule has 1 aromatic rings. The quantitative estimate of drug-likeness (QED) is 0.183. The minimum absolute atomic E-state index is 0.0491. The molecule has 0 aliphatic rings. The Labute approximate surface area is 181 Å². The predicted octanol–water partition coefficient (Wildman–Crippen LogP) is -0.930. The van der Waals surface area contributed by atoms with E-state index >= 15 is 0 Å². The van der Waals surface area contributed by atoms with Gasteiger partial charge in [-0.3, -0.25) is 19.1 Å². The molecule has 0 fully saturated rings. The van der Waals surface area contributed by atoms with Gasteiger partial charge in [-0.15, -0.1) is 0 Å². The van der Waals surface area contributed by atoms with Crippen molar-refractivity contribution in [1.82, 2.24) is 9.55 Å². The highest BCUT2D eigenvalue weighted by Crippen LogP contribution is 1.92. The first-order chi connectivity index (χ1) is 15.3. The Bertz CT molecular complexity index is 852. The van der Waals surface area contributed by atoms with Crippen molar-refractivity contribution in [2.45, 2.75) is 26.5 Å². The number of rotatable bonds is 16. The smallest absolute Gasteiger partial charge is 0.334 e. The van der Waals surface area contributed by atoms with Gasteiger partial charge in [-0.1, -0.05) is 6.92 Å². The van der Waals surface area contributed by atoms with E-state index in [2.05, 4.69) is 9.47 Å². The SMILES string of the molecule is CCCC(=O)OCOC(=O)COCCOCCOCC(=O)OCn1cc(F)c(=O)[nH]c1=O. The van der Waals surface area contributed by atoms with E-state index < -0.39 is 55.1 Å². The van der Waals surface area contributed by atoms with Crippen LogP contribution in [0, 0.1) is 5.82 Å². The fourth-order valence-corrected chi connectivity index (χ4v) is 1.89. The maximum Gasteiger partial charge on any atom is 0.334 e. The van der Waals surface area contributed by atoms with Crippen molar-refractivity contribution < 1.29 is 47.2 Å². The second kappa shape index (κ2) is 15.7. The number of hydrogen-bond donors (Lipinski definition) is 1. The van der Waals surface area contributed by atoms with Crippen LogP contribution in [0.1, 0.15) is 19.8 Å². The maximum atomic E-state index is 13.1. The van der Waals surface area contributed by atoms with E-state index in [1.807, 2.05) is 6.92 Å². The molecular formula is C18H25FN2O11. The van der Waals surface area contributed by atoms with Crippen LogP contribution < -0.4 is 11.2 Å². The van der Waals surface area contributed by atoms with Gasteiger partial charge in [0.1, 0.15) is 13.2 Å². The van der Waals surface area contributed by atoms with Crippen LogP contribution in [0.5, 0.6) is 0 Å². The molecule has 0 radical (unpaired) electrons. The fraction of sp³-hybridized carbons (Fsp3) is 0.611. The van der Waals surface area contributed by atoms with Crippen molar-refractivity contribution in [3.05, 3.63) is 32.9 Å². The van der Waals surface area contributed by atoms with Crippen molar-refractivity contribution in [2.75, 3.05) is 46.4 Å². The lowest BCUT2D eigenvalue weighted by molar-refractivity contribution is -0.170. The summed E-state index contributed by atoms with van der Waals surface area (Å²) in [5.41, 5.74) is -2.10. The number of H-pyrrole nitrogens is 1. The monoisotopic (exact) mass is 464 g/mol. The highest BCUT2D eigenvalue weighted by atomic mass is 19.1. The van der Waals surface area contributed by atoms with Crippen molar-refractivity contribution >= 4 is 17.9 Å². The van der Waals surface area contributed by atoms with E-state index in [-0.39, 0.29) is 39.5 Å². The van der Waals surface area contributed by atoms with Gasteiger partial charge >= 0.3 is 23.6 Å². The number of carbonyl (C=O) groups is 3. The van der Waals surface area contributed by atoms with Crippen molar-refractivity contribution in [2.24, 2.45) is 0 Å². The summed E-state index contributed by atoms with van der Waals surface area (Å²) in [4.78, 5) is 57.9. The Balaban J connectivity index is 1.98. The van der Waals surface area contributed by atoms with Crippen molar-refractivity contribution in [3.8, 4) is 0 Å². The Kier molecular flexibility index (Phi) is 13.2. The zero-order valence-corrected chi connectivity index (χ0v) is 17.5. The van der Waals surface area contributed by atoms with Gasteiger partial charge in [-0.25, -0.2) is 14.4 Å². The van der Waals surface area contributed by atoms with E-state index in [0.29, 0.717) is 17.2 Å². The van der Waals surface area contributed by atoms with Gasteiger partial charge in [0.25, 0.3) is 5.56 Å². The molecule has 0 aliphatic heterocycles. The largest absolute Gasteiger partial charge is 0.442 e. The fourth-order valence-electron chi connectivity index (χ4n) is 1.89. The van der Waals surface area contributed by atoms with Crippen LogP contribution in [-0.4, -0.2) is 73.9 Å². The topological polar surface area (TPSA) is 161 Å². The summed E-state index contributed by atoms with van der Waals surface area (Å²) in [6.45, 7) is 0.407. The van der Waals surface area contributed by atoms with Crippen LogP contribution in [-0.2, 0) is 49.5 Å². The molecule has 13 nitrogen and oxygen atoms in total. The molecular weight excluding hydrogens is 439 g/mol. The standard InChI is InChI=1S/C18H25FN2O11/c1-2-3-14(22)31-12-32-16(24)10-29-7-5-27-4-6-28-9-15(23)30-11-21-8-13(19)17(25)20-18(21)26/h8H,2-7,9-12H2,1H3,(H,20,25,26). The maximum absolute atomic E-state index is 13.1. The molecule has 0 bridgehead atoms. The third-order valence-corrected chi connectivity index (χ3v) is 3.41. The van der Waals surface area contributed by atoms with Crippen molar-refractivity contribution in [3.63, 3.8) is 0 Å². The van der Waals surface area contributed by atoms with E-state index in [9.17, 15) is 28.4 Å². The van der Waals surface area contributed by atoms with Crippen molar-refractivity contribution in [1.29, 1.82) is 0 Å². The van der Waals surface area contributed by atoms with E-state index in [1.165, 1.54) is 0 Å². The number of aromatic amines is 1. The summed E-state index contributed by atoms with van der Waals surface area (Å²) >= 11 is 0. The van der Waals surface area contributed by atoms with Crippen LogP contribution in [0.4, 0.5) is 4.39 Å². The molecule has 0 saturated carbocycles. The van der Waals surface area contributed by atoms with Crippen LogP contribution in [0.15, 0.2) is 15.8 Å². The van der Waals surface area contributed by atoms with E-state index in [0.717, 1.165) is 0 Å². The molecule has 0 unspecified atom stereocenters. The number of halogens is 1. The lowest BCUT2D eigenvalue weighted by atomic mass is 10.3. The van der Waals surface area contributed by atoms with Crippen LogP contribution >= 0.6 is 0 Å². The molecule has 0 spiro atoms. The first-order valence-electron chi connectivity index (χ1n) is 9.52. The molecule has 180 valence electrons. The average Bonchev–Trinajstić information content (AvgIpc) is 2.74. The predicted molar refractivity (Wildman–Crippen MR) is 102 cm³/mol. The van der Waals surface area contributed by atoms with E-state index in [4.69, 9.17) is 18.9 Å². The summed E-state index contributed by atoms with van der Waals surface area (Å²) in [5.74, 6) is -3.15. The zero-order chi connectivity index (χ0) is 23.8. The summed E-state index contributed by atoms with van der Waals surface area (Å²) < 4.78 is 43.0. The van der Waals surface area contributed by atoms with Crippen LogP contribution in [0.3, 0.4) is 0 Å². The van der Waals surface area contributed by atoms with E-state index in [1.54, 1.807) is 4.98 Å². The second-order valence-corrected chi connectivity index (χ2v) is 5.97. The highest BCUT2D eigenvalue weighted by molar-refractivity contribution is 5.71. The normalized spacial score (nSPS) is 10.6. The molecule has 0 amide bonds. The summed E-state index contributed by atoms with van der Waals surface area (Å²) in [6, 6.07) is 0. The summed E-state index contributed by atoms with van der Waals surface area (Å²) in [5, 5.41) is 0. The number of carbonyl (C=O) groups excluding carboxylic acids is 3. The average molecular weight is 464 g/mol. The molecule has 1 N–H and O–H groups in total. The van der Waals surface area contributed by atoms with Gasteiger partial charge in [0.05, 0.1) is 32.6 Å². The zero-order valence-electron chi connectivity index (χ0n) is 17.5. The lowest BCUT2D eigenvalue weighted by Crippen LogP contribution is -2.32. The molecule has 0 saturated heterocycles. The number of hydrogen-bond acceptors (Lipinski definition) is 11. The molecule has 32 heavy (non-hydrogen) atoms. The molecule has 1 rings (SSSR count). The first-order valence-corrected chi connectivity index (χ1v) is 9.52.